The van der Waals surface area contributed by atoms with Crippen LogP contribution in [-0.4, -0.2) is 43.3 Å². The van der Waals surface area contributed by atoms with E-state index in [2.05, 4.69) is 18.7 Å². The third-order valence-corrected chi connectivity index (χ3v) is 4.33. The molecule has 3 nitrogen and oxygen atoms in total. The summed E-state index contributed by atoms with van der Waals surface area (Å²) in [5.41, 5.74) is 6.16. The molecule has 3 heteroatoms. The van der Waals surface area contributed by atoms with E-state index in [1.54, 1.807) is 7.11 Å². The van der Waals surface area contributed by atoms with Crippen molar-refractivity contribution in [3.05, 3.63) is 0 Å². The third kappa shape index (κ3) is 3.94. The van der Waals surface area contributed by atoms with Gasteiger partial charge in [0.25, 0.3) is 0 Å². The zero-order valence-corrected chi connectivity index (χ0v) is 11.9. The van der Waals surface area contributed by atoms with Crippen LogP contribution in [0.25, 0.3) is 0 Å². The number of hydrogen-bond acceptors (Lipinski definition) is 3. The maximum absolute atomic E-state index is 6.05. The molecule has 0 aromatic carbocycles. The van der Waals surface area contributed by atoms with E-state index in [1.807, 2.05) is 0 Å². The number of rotatable bonds is 6. The Morgan fingerprint density at radius 3 is 2.71 bits per heavy atom. The smallest absolute Gasteiger partial charge is 0.0480 e. The normalized spacial score (nSPS) is 26.5. The standard InChI is InChI=1S/C14H30N2O/c1-4-13-8-6-5-7-10-16(13)14(2,12-15)9-11-17-3/h13H,4-12,15H2,1-3H3. The lowest BCUT2D eigenvalue weighted by atomic mass is 9.92. The van der Waals surface area contributed by atoms with Crippen LogP contribution in [0.2, 0.25) is 0 Å². The summed E-state index contributed by atoms with van der Waals surface area (Å²) in [7, 11) is 1.77. The average molecular weight is 242 g/mol. The lowest BCUT2D eigenvalue weighted by molar-refractivity contribution is 0.0335. The van der Waals surface area contributed by atoms with Crippen molar-refractivity contribution >= 4 is 0 Å². The number of methoxy groups -OCH3 is 1. The van der Waals surface area contributed by atoms with E-state index in [9.17, 15) is 0 Å². The first-order valence-corrected chi connectivity index (χ1v) is 7.13. The third-order valence-electron chi connectivity index (χ3n) is 4.33. The van der Waals surface area contributed by atoms with E-state index in [4.69, 9.17) is 10.5 Å². The van der Waals surface area contributed by atoms with Crippen LogP contribution in [0.4, 0.5) is 0 Å². The molecule has 2 N–H and O–H groups in total. The SMILES string of the molecule is CCC1CCCCCN1C(C)(CN)CCOC. The first-order valence-electron chi connectivity index (χ1n) is 7.13. The van der Waals surface area contributed by atoms with Crippen molar-refractivity contribution in [2.75, 3.05) is 26.8 Å². The first kappa shape index (κ1) is 14.9. The van der Waals surface area contributed by atoms with Crippen LogP contribution in [-0.2, 0) is 4.74 Å². The number of nitrogens with zero attached hydrogens (tertiary/aromatic N) is 1. The second-order valence-electron chi connectivity index (χ2n) is 5.55. The van der Waals surface area contributed by atoms with E-state index in [1.165, 1.54) is 38.6 Å². The highest BCUT2D eigenvalue weighted by Gasteiger charge is 2.34. The van der Waals surface area contributed by atoms with Gasteiger partial charge in [0, 0.05) is 31.8 Å². The lowest BCUT2D eigenvalue weighted by Crippen LogP contribution is -2.56. The molecule has 1 fully saturated rings. The molecule has 1 rings (SSSR count). The van der Waals surface area contributed by atoms with Crippen molar-refractivity contribution in [1.29, 1.82) is 0 Å². The quantitative estimate of drug-likeness (QED) is 0.777. The van der Waals surface area contributed by atoms with Crippen LogP contribution in [0.1, 0.15) is 52.4 Å². The van der Waals surface area contributed by atoms with E-state index in [0.717, 1.165) is 19.6 Å². The molecule has 1 aliphatic rings. The zero-order chi connectivity index (χ0) is 12.7. The van der Waals surface area contributed by atoms with Crippen molar-refractivity contribution in [3.63, 3.8) is 0 Å². The Morgan fingerprint density at radius 2 is 2.12 bits per heavy atom. The molecular formula is C14H30N2O. The molecule has 0 radical (unpaired) electrons. The van der Waals surface area contributed by atoms with E-state index < -0.39 is 0 Å². The summed E-state index contributed by atoms with van der Waals surface area (Å²) in [5, 5.41) is 0. The van der Waals surface area contributed by atoms with Crippen LogP contribution < -0.4 is 5.73 Å². The summed E-state index contributed by atoms with van der Waals surface area (Å²) in [6.07, 6.45) is 7.68. The second-order valence-corrected chi connectivity index (χ2v) is 5.55. The predicted octanol–water partition coefficient (Wildman–Crippen LogP) is 2.39. The van der Waals surface area contributed by atoms with Crippen LogP contribution in [0, 0.1) is 0 Å². The molecule has 2 atom stereocenters. The maximum atomic E-state index is 6.05. The molecule has 0 aromatic heterocycles. The molecule has 0 bridgehead atoms. The van der Waals surface area contributed by atoms with Gasteiger partial charge in [0.05, 0.1) is 0 Å². The Morgan fingerprint density at radius 1 is 1.35 bits per heavy atom. The van der Waals surface area contributed by atoms with Crippen LogP contribution in [0.3, 0.4) is 0 Å². The summed E-state index contributed by atoms with van der Waals surface area (Å²) in [6, 6.07) is 0.711. The van der Waals surface area contributed by atoms with Gasteiger partial charge in [0.1, 0.15) is 0 Å². The largest absolute Gasteiger partial charge is 0.385 e. The van der Waals surface area contributed by atoms with Crippen molar-refractivity contribution in [3.8, 4) is 0 Å². The van der Waals surface area contributed by atoms with Crippen LogP contribution in [0.15, 0.2) is 0 Å². The van der Waals surface area contributed by atoms with Crippen LogP contribution >= 0.6 is 0 Å². The molecule has 102 valence electrons. The van der Waals surface area contributed by atoms with Gasteiger partial charge in [-0.2, -0.15) is 0 Å². The highest BCUT2D eigenvalue weighted by molar-refractivity contribution is 4.92. The van der Waals surface area contributed by atoms with E-state index >= 15 is 0 Å². The fourth-order valence-corrected chi connectivity index (χ4v) is 3.00. The summed E-state index contributed by atoms with van der Waals surface area (Å²) in [6.45, 7) is 7.35. The average Bonchev–Trinajstić information content (AvgIpc) is 2.61. The molecule has 17 heavy (non-hydrogen) atoms. The molecule has 2 unspecified atom stereocenters. The maximum Gasteiger partial charge on any atom is 0.0480 e. The van der Waals surface area contributed by atoms with Crippen molar-refractivity contribution in [1.82, 2.24) is 4.90 Å². The first-order chi connectivity index (χ1) is 8.18. The predicted molar refractivity (Wildman–Crippen MR) is 73.2 cm³/mol. The summed E-state index contributed by atoms with van der Waals surface area (Å²) in [5.74, 6) is 0. The van der Waals surface area contributed by atoms with E-state index in [-0.39, 0.29) is 5.54 Å². The summed E-state index contributed by atoms with van der Waals surface area (Å²) in [4.78, 5) is 2.67. The Labute approximate surface area is 107 Å². The molecule has 0 amide bonds. The van der Waals surface area contributed by atoms with Gasteiger partial charge >= 0.3 is 0 Å². The van der Waals surface area contributed by atoms with Gasteiger partial charge in [-0.1, -0.05) is 19.8 Å². The molecule has 0 spiro atoms. The fraction of sp³-hybridized carbons (Fsp3) is 1.00. The molecular weight excluding hydrogens is 212 g/mol. The molecule has 0 aliphatic carbocycles. The van der Waals surface area contributed by atoms with Crippen molar-refractivity contribution in [2.24, 2.45) is 5.73 Å². The number of ether oxygens (including phenoxy) is 1. The Hall–Kier alpha value is -0.120. The lowest BCUT2D eigenvalue weighted by Gasteiger charge is -2.44. The highest BCUT2D eigenvalue weighted by atomic mass is 16.5. The molecule has 0 saturated carbocycles. The number of hydrogen-bond donors (Lipinski definition) is 1. The van der Waals surface area contributed by atoms with Gasteiger partial charge < -0.3 is 10.5 Å². The zero-order valence-electron chi connectivity index (χ0n) is 11.9. The highest BCUT2D eigenvalue weighted by Crippen LogP contribution is 2.28. The minimum absolute atomic E-state index is 0.112. The molecule has 1 saturated heterocycles. The number of nitrogens with two attached hydrogens (primary N) is 1. The van der Waals surface area contributed by atoms with Crippen LogP contribution in [0.5, 0.6) is 0 Å². The molecule has 1 heterocycles. The Balaban J connectivity index is 2.74. The van der Waals surface area contributed by atoms with Gasteiger partial charge in [0.2, 0.25) is 0 Å². The van der Waals surface area contributed by atoms with Crippen molar-refractivity contribution in [2.45, 2.75) is 64.0 Å². The topological polar surface area (TPSA) is 38.5 Å². The summed E-state index contributed by atoms with van der Waals surface area (Å²) < 4.78 is 5.25. The number of likely N-dealkylation sites (tertiary alicyclic amines) is 1. The van der Waals surface area contributed by atoms with E-state index in [0.29, 0.717) is 6.04 Å². The Bertz CT molecular complexity index is 210. The molecule has 0 aromatic rings. The minimum Gasteiger partial charge on any atom is -0.385 e. The second kappa shape index (κ2) is 7.34. The monoisotopic (exact) mass is 242 g/mol. The summed E-state index contributed by atoms with van der Waals surface area (Å²) >= 11 is 0. The van der Waals surface area contributed by atoms with Gasteiger partial charge in [-0.25, -0.2) is 0 Å². The minimum atomic E-state index is 0.112. The molecule has 1 aliphatic heterocycles. The Kier molecular flexibility index (Phi) is 6.45. The van der Waals surface area contributed by atoms with Gasteiger partial charge in [-0.05, 0) is 39.2 Å². The fourth-order valence-electron chi connectivity index (χ4n) is 3.00. The van der Waals surface area contributed by atoms with Gasteiger partial charge in [0.15, 0.2) is 0 Å². The van der Waals surface area contributed by atoms with Crippen molar-refractivity contribution < 1.29 is 4.74 Å². The van der Waals surface area contributed by atoms with Gasteiger partial charge in [-0.15, -0.1) is 0 Å². The van der Waals surface area contributed by atoms with Gasteiger partial charge in [-0.3, -0.25) is 4.90 Å².